The lowest BCUT2D eigenvalue weighted by Crippen LogP contribution is -2.24. The summed E-state index contributed by atoms with van der Waals surface area (Å²) in [7, 11) is 1.44. The first-order chi connectivity index (χ1) is 6.54. The number of aliphatic hydroxyl groups excluding tert-OH is 1. The van der Waals surface area contributed by atoms with Crippen LogP contribution in [-0.2, 0) is 0 Å². The van der Waals surface area contributed by atoms with Crippen LogP contribution in [0.15, 0.2) is 18.2 Å². The van der Waals surface area contributed by atoms with Crippen LogP contribution in [0.25, 0.3) is 0 Å². The Labute approximate surface area is 82.3 Å². The lowest BCUT2D eigenvalue weighted by molar-refractivity contribution is 0.152. The number of nitrogens with two attached hydrogens (primary N) is 1. The van der Waals surface area contributed by atoms with Gasteiger partial charge in [0.05, 0.1) is 13.2 Å². The lowest BCUT2D eigenvalue weighted by Gasteiger charge is -2.15. The third kappa shape index (κ3) is 2.43. The summed E-state index contributed by atoms with van der Waals surface area (Å²) in [5.74, 6) is -0.0706. The molecule has 0 spiro atoms. The number of hydrogen-bond donors (Lipinski definition) is 2. The minimum absolute atomic E-state index is 0.375. The van der Waals surface area contributed by atoms with E-state index < -0.39 is 18.0 Å². The Morgan fingerprint density at radius 2 is 2.07 bits per heavy atom. The van der Waals surface area contributed by atoms with E-state index in [1.54, 1.807) is 13.0 Å². The number of rotatable bonds is 3. The van der Waals surface area contributed by atoms with E-state index >= 15 is 0 Å². The Morgan fingerprint density at radius 1 is 1.43 bits per heavy atom. The second-order valence-electron chi connectivity index (χ2n) is 3.23. The smallest absolute Gasteiger partial charge is 0.127 e. The number of ether oxygens (including phenoxy) is 1. The molecule has 0 unspecified atom stereocenters. The second kappa shape index (κ2) is 4.39. The van der Waals surface area contributed by atoms with Crippen molar-refractivity contribution in [1.82, 2.24) is 0 Å². The number of halogens is 1. The highest BCUT2D eigenvalue weighted by atomic mass is 19.1. The number of hydrogen-bond acceptors (Lipinski definition) is 3. The van der Waals surface area contributed by atoms with Crippen LogP contribution < -0.4 is 10.5 Å². The summed E-state index contributed by atoms with van der Waals surface area (Å²) in [6, 6.07) is 3.62. The summed E-state index contributed by atoms with van der Waals surface area (Å²) in [6.45, 7) is 1.65. The second-order valence-corrected chi connectivity index (χ2v) is 3.23. The van der Waals surface area contributed by atoms with Gasteiger partial charge in [0.25, 0.3) is 0 Å². The molecular weight excluding hydrogens is 185 g/mol. The molecule has 0 amide bonds. The van der Waals surface area contributed by atoms with Crippen molar-refractivity contribution in [2.75, 3.05) is 7.11 Å². The van der Waals surface area contributed by atoms with Crippen LogP contribution in [-0.4, -0.2) is 18.3 Å². The molecule has 0 saturated heterocycles. The molecule has 1 aromatic carbocycles. The lowest BCUT2D eigenvalue weighted by atomic mass is 10.0. The predicted molar refractivity (Wildman–Crippen MR) is 51.6 cm³/mol. The van der Waals surface area contributed by atoms with Gasteiger partial charge in [-0.2, -0.15) is 0 Å². The Balaban J connectivity index is 3.02. The van der Waals surface area contributed by atoms with Crippen LogP contribution in [0.4, 0.5) is 4.39 Å². The van der Waals surface area contributed by atoms with E-state index in [-0.39, 0.29) is 0 Å². The molecule has 0 aliphatic heterocycles. The minimum Gasteiger partial charge on any atom is -0.497 e. The number of aliphatic hydroxyl groups is 1. The fourth-order valence-electron chi connectivity index (χ4n) is 1.18. The first-order valence-electron chi connectivity index (χ1n) is 4.32. The first kappa shape index (κ1) is 10.9. The zero-order valence-electron chi connectivity index (χ0n) is 8.20. The summed E-state index contributed by atoms with van der Waals surface area (Å²) in [5.41, 5.74) is 5.92. The molecule has 3 N–H and O–H groups in total. The third-order valence-corrected chi connectivity index (χ3v) is 1.97. The van der Waals surface area contributed by atoms with Crippen molar-refractivity contribution in [1.29, 1.82) is 0 Å². The van der Waals surface area contributed by atoms with E-state index in [2.05, 4.69) is 0 Å². The maximum Gasteiger partial charge on any atom is 0.127 e. The van der Waals surface area contributed by atoms with Crippen LogP contribution in [0.1, 0.15) is 18.6 Å². The predicted octanol–water partition coefficient (Wildman–Crippen LogP) is 1.21. The molecule has 0 heterocycles. The van der Waals surface area contributed by atoms with Gasteiger partial charge in [0.1, 0.15) is 11.6 Å². The molecule has 4 heteroatoms. The van der Waals surface area contributed by atoms with Crippen LogP contribution >= 0.6 is 0 Å². The van der Waals surface area contributed by atoms with E-state index in [4.69, 9.17) is 10.5 Å². The summed E-state index contributed by atoms with van der Waals surface area (Å²) in [5, 5.41) is 9.59. The standard InChI is InChI=1S/C10H14FNO2/c1-6(12)10(13)7-3-8(11)5-9(4-7)14-2/h3-6,10,13H,12H2,1-2H3/t6-,10-/m0/s1. The highest BCUT2D eigenvalue weighted by molar-refractivity contribution is 5.31. The number of benzene rings is 1. The molecule has 0 saturated carbocycles. The van der Waals surface area contributed by atoms with Gasteiger partial charge < -0.3 is 15.6 Å². The van der Waals surface area contributed by atoms with Crippen molar-refractivity contribution in [2.45, 2.75) is 19.1 Å². The van der Waals surface area contributed by atoms with Crippen molar-refractivity contribution in [3.05, 3.63) is 29.6 Å². The Morgan fingerprint density at radius 3 is 2.57 bits per heavy atom. The van der Waals surface area contributed by atoms with Gasteiger partial charge in [-0.05, 0) is 24.6 Å². The molecule has 3 nitrogen and oxygen atoms in total. The van der Waals surface area contributed by atoms with Crippen LogP contribution in [0.5, 0.6) is 5.75 Å². The molecule has 0 radical (unpaired) electrons. The fraction of sp³-hybridized carbons (Fsp3) is 0.400. The fourth-order valence-corrected chi connectivity index (χ4v) is 1.18. The monoisotopic (exact) mass is 199 g/mol. The van der Waals surface area contributed by atoms with Crippen molar-refractivity contribution in [3.8, 4) is 5.75 Å². The van der Waals surface area contributed by atoms with Gasteiger partial charge >= 0.3 is 0 Å². The molecule has 1 rings (SSSR count). The Kier molecular flexibility index (Phi) is 3.43. The summed E-state index contributed by atoms with van der Waals surface area (Å²) >= 11 is 0. The van der Waals surface area contributed by atoms with Gasteiger partial charge in [-0.1, -0.05) is 0 Å². The van der Waals surface area contributed by atoms with Crippen LogP contribution in [0.2, 0.25) is 0 Å². The van der Waals surface area contributed by atoms with Gasteiger partial charge in [-0.15, -0.1) is 0 Å². The van der Waals surface area contributed by atoms with Crippen molar-refractivity contribution < 1.29 is 14.2 Å². The van der Waals surface area contributed by atoms with Gasteiger partial charge in [0.15, 0.2) is 0 Å². The summed E-state index contributed by atoms with van der Waals surface area (Å²) < 4.78 is 17.9. The van der Waals surface area contributed by atoms with Gasteiger partial charge in [0, 0.05) is 12.1 Å². The van der Waals surface area contributed by atoms with E-state index in [0.717, 1.165) is 0 Å². The van der Waals surface area contributed by atoms with Gasteiger partial charge in [0.2, 0.25) is 0 Å². The third-order valence-electron chi connectivity index (χ3n) is 1.97. The average Bonchev–Trinajstić information content (AvgIpc) is 2.15. The van der Waals surface area contributed by atoms with Gasteiger partial charge in [-0.25, -0.2) is 4.39 Å². The van der Waals surface area contributed by atoms with Crippen molar-refractivity contribution >= 4 is 0 Å². The first-order valence-corrected chi connectivity index (χ1v) is 4.32. The van der Waals surface area contributed by atoms with Crippen molar-refractivity contribution in [3.63, 3.8) is 0 Å². The number of methoxy groups -OCH3 is 1. The quantitative estimate of drug-likeness (QED) is 0.769. The molecule has 0 aliphatic rings. The molecule has 14 heavy (non-hydrogen) atoms. The highest BCUT2D eigenvalue weighted by Crippen LogP contribution is 2.22. The van der Waals surface area contributed by atoms with Crippen LogP contribution in [0, 0.1) is 5.82 Å². The molecular formula is C10H14FNO2. The van der Waals surface area contributed by atoms with E-state index in [1.807, 2.05) is 0 Å². The molecule has 0 aliphatic carbocycles. The van der Waals surface area contributed by atoms with Crippen LogP contribution in [0.3, 0.4) is 0 Å². The zero-order chi connectivity index (χ0) is 10.7. The maximum absolute atomic E-state index is 13.0. The SMILES string of the molecule is COc1cc(F)cc([C@@H](O)[C@H](C)N)c1. The normalized spacial score (nSPS) is 14.9. The molecule has 0 bridgehead atoms. The Hall–Kier alpha value is -1.13. The zero-order valence-corrected chi connectivity index (χ0v) is 8.20. The van der Waals surface area contributed by atoms with E-state index in [9.17, 15) is 9.50 Å². The van der Waals surface area contributed by atoms with E-state index in [0.29, 0.717) is 11.3 Å². The maximum atomic E-state index is 13.0. The van der Waals surface area contributed by atoms with Gasteiger partial charge in [-0.3, -0.25) is 0 Å². The summed E-state index contributed by atoms with van der Waals surface area (Å²) in [4.78, 5) is 0. The molecule has 2 atom stereocenters. The highest BCUT2D eigenvalue weighted by Gasteiger charge is 2.14. The molecule has 78 valence electrons. The van der Waals surface area contributed by atoms with E-state index in [1.165, 1.54) is 19.2 Å². The summed E-state index contributed by atoms with van der Waals surface area (Å²) in [6.07, 6.45) is -0.875. The topological polar surface area (TPSA) is 55.5 Å². The molecule has 0 aromatic heterocycles. The largest absolute Gasteiger partial charge is 0.497 e. The Bertz CT molecular complexity index is 315. The minimum atomic E-state index is -0.875. The average molecular weight is 199 g/mol. The molecule has 1 aromatic rings. The van der Waals surface area contributed by atoms with Crippen molar-refractivity contribution in [2.24, 2.45) is 5.73 Å². The molecule has 0 fully saturated rings.